The van der Waals surface area contributed by atoms with E-state index >= 15 is 0 Å². The number of benzene rings is 1. The summed E-state index contributed by atoms with van der Waals surface area (Å²) in [6, 6.07) is 8.38. The molecular formula is C13H14FNO2. The number of hydrogen-bond donors (Lipinski definition) is 2. The third-order valence-corrected chi connectivity index (χ3v) is 2.53. The lowest BCUT2D eigenvalue weighted by Crippen LogP contribution is -2.02. The van der Waals surface area contributed by atoms with E-state index in [2.05, 4.69) is 5.32 Å². The Bertz CT molecular complexity index is 488. The molecule has 0 amide bonds. The predicted molar refractivity (Wildman–Crippen MR) is 63.1 cm³/mol. The van der Waals surface area contributed by atoms with Gasteiger partial charge in [0, 0.05) is 0 Å². The van der Waals surface area contributed by atoms with Crippen LogP contribution in [0.15, 0.2) is 34.7 Å². The minimum atomic E-state index is -0.279. The zero-order chi connectivity index (χ0) is 12.3. The van der Waals surface area contributed by atoms with Crippen molar-refractivity contribution < 1.29 is 13.9 Å². The third kappa shape index (κ3) is 2.65. The second-order valence-electron chi connectivity index (χ2n) is 3.81. The van der Waals surface area contributed by atoms with Crippen LogP contribution < -0.4 is 5.32 Å². The van der Waals surface area contributed by atoms with Crippen molar-refractivity contribution in [2.75, 3.05) is 5.32 Å². The molecule has 0 saturated carbocycles. The smallest absolute Gasteiger partial charge is 0.146 e. The van der Waals surface area contributed by atoms with Crippen molar-refractivity contribution in [3.8, 4) is 0 Å². The summed E-state index contributed by atoms with van der Waals surface area (Å²) in [6.45, 7) is 2.10. The number of anilines is 1. The highest BCUT2D eigenvalue weighted by Crippen LogP contribution is 2.20. The van der Waals surface area contributed by atoms with E-state index in [-0.39, 0.29) is 12.4 Å². The average Bonchev–Trinajstić information content (AvgIpc) is 2.76. The maximum Gasteiger partial charge on any atom is 0.146 e. The molecule has 0 atom stereocenters. The molecule has 1 aromatic heterocycles. The molecule has 2 rings (SSSR count). The minimum Gasteiger partial charge on any atom is -0.462 e. The highest BCUT2D eigenvalue weighted by Gasteiger charge is 2.06. The van der Waals surface area contributed by atoms with Crippen molar-refractivity contribution in [3.63, 3.8) is 0 Å². The molecule has 0 aliphatic heterocycles. The summed E-state index contributed by atoms with van der Waals surface area (Å²) < 4.78 is 18.8. The summed E-state index contributed by atoms with van der Waals surface area (Å²) in [6.07, 6.45) is 0. The molecule has 0 fully saturated rings. The van der Waals surface area contributed by atoms with E-state index in [4.69, 9.17) is 9.52 Å². The molecule has 1 aromatic carbocycles. The highest BCUT2D eigenvalue weighted by molar-refractivity contribution is 5.51. The van der Waals surface area contributed by atoms with Gasteiger partial charge in [0.1, 0.15) is 23.9 Å². The molecule has 90 valence electrons. The predicted octanol–water partition coefficient (Wildman–Crippen LogP) is 2.83. The van der Waals surface area contributed by atoms with Crippen molar-refractivity contribution in [2.24, 2.45) is 0 Å². The van der Waals surface area contributed by atoms with Crippen molar-refractivity contribution >= 4 is 5.69 Å². The lowest BCUT2D eigenvalue weighted by atomic mass is 10.2. The van der Waals surface area contributed by atoms with E-state index in [0.29, 0.717) is 23.8 Å². The monoisotopic (exact) mass is 235 g/mol. The SMILES string of the molecule is Cc1cccc(F)c1NCc1ccc(CO)o1. The van der Waals surface area contributed by atoms with Gasteiger partial charge < -0.3 is 14.8 Å². The molecule has 2 N–H and O–H groups in total. The van der Waals surface area contributed by atoms with Crippen molar-refractivity contribution in [1.82, 2.24) is 0 Å². The van der Waals surface area contributed by atoms with Crippen LogP contribution in [0.3, 0.4) is 0 Å². The minimum absolute atomic E-state index is 0.126. The van der Waals surface area contributed by atoms with Gasteiger partial charge in [-0.25, -0.2) is 4.39 Å². The topological polar surface area (TPSA) is 45.4 Å². The van der Waals surface area contributed by atoms with Crippen LogP contribution in [-0.2, 0) is 13.2 Å². The largest absolute Gasteiger partial charge is 0.462 e. The second-order valence-corrected chi connectivity index (χ2v) is 3.81. The maximum absolute atomic E-state index is 13.5. The van der Waals surface area contributed by atoms with Gasteiger partial charge in [-0.05, 0) is 30.7 Å². The molecule has 1 heterocycles. The van der Waals surface area contributed by atoms with Crippen LogP contribution >= 0.6 is 0 Å². The van der Waals surface area contributed by atoms with Gasteiger partial charge in [0.15, 0.2) is 0 Å². The number of halogens is 1. The summed E-state index contributed by atoms with van der Waals surface area (Å²) in [5.41, 5.74) is 1.33. The second kappa shape index (κ2) is 5.01. The first-order chi connectivity index (χ1) is 8.20. The van der Waals surface area contributed by atoms with Crippen molar-refractivity contribution in [1.29, 1.82) is 0 Å². The average molecular weight is 235 g/mol. The standard InChI is InChI=1S/C13H14FNO2/c1-9-3-2-4-12(14)13(9)15-7-10-5-6-11(8-16)17-10/h2-6,15-16H,7-8H2,1H3. The lowest BCUT2D eigenvalue weighted by Gasteiger charge is -2.08. The van der Waals surface area contributed by atoms with Crippen LogP contribution in [0.2, 0.25) is 0 Å². The number of aryl methyl sites for hydroxylation is 1. The number of aliphatic hydroxyl groups excluding tert-OH is 1. The summed E-state index contributed by atoms with van der Waals surface area (Å²) in [4.78, 5) is 0. The van der Waals surface area contributed by atoms with Gasteiger partial charge in [-0.3, -0.25) is 0 Å². The third-order valence-electron chi connectivity index (χ3n) is 2.53. The quantitative estimate of drug-likeness (QED) is 0.856. The van der Waals surface area contributed by atoms with Gasteiger partial charge in [-0.1, -0.05) is 12.1 Å². The number of furan rings is 1. The molecule has 0 radical (unpaired) electrons. The number of aliphatic hydroxyl groups is 1. The van der Waals surface area contributed by atoms with E-state index < -0.39 is 0 Å². The molecule has 0 spiro atoms. The fourth-order valence-electron chi connectivity index (χ4n) is 1.63. The Balaban J connectivity index is 2.07. The van der Waals surface area contributed by atoms with Crippen molar-refractivity contribution in [3.05, 3.63) is 53.2 Å². The van der Waals surface area contributed by atoms with E-state index in [0.717, 1.165) is 5.56 Å². The van der Waals surface area contributed by atoms with Gasteiger partial charge in [0.25, 0.3) is 0 Å². The van der Waals surface area contributed by atoms with Gasteiger partial charge in [0.05, 0.1) is 12.2 Å². The van der Waals surface area contributed by atoms with E-state index in [1.165, 1.54) is 6.07 Å². The Morgan fingerprint density at radius 3 is 2.65 bits per heavy atom. The summed E-state index contributed by atoms with van der Waals surface area (Å²) >= 11 is 0. The Morgan fingerprint density at radius 2 is 2.00 bits per heavy atom. The van der Waals surface area contributed by atoms with Gasteiger partial charge in [-0.15, -0.1) is 0 Å². The summed E-state index contributed by atoms with van der Waals surface area (Å²) in [7, 11) is 0. The highest BCUT2D eigenvalue weighted by atomic mass is 19.1. The molecule has 0 unspecified atom stereocenters. The fourth-order valence-corrected chi connectivity index (χ4v) is 1.63. The lowest BCUT2D eigenvalue weighted by molar-refractivity contribution is 0.244. The molecular weight excluding hydrogens is 221 g/mol. The number of rotatable bonds is 4. The van der Waals surface area contributed by atoms with Crippen LogP contribution in [0.25, 0.3) is 0 Å². The molecule has 0 aliphatic rings. The molecule has 17 heavy (non-hydrogen) atoms. The molecule has 0 aliphatic carbocycles. The molecule has 3 nitrogen and oxygen atoms in total. The molecule has 0 saturated heterocycles. The van der Waals surface area contributed by atoms with E-state index in [9.17, 15) is 4.39 Å². The van der Waals surface area contributed by atoms with Crippen LogP contribution in [0.1, 0.15) is 17.1 Å². The first-order valence-corrected chi connectivity index (χ1v) is 5.38. The summed E-state index contributed by atoms with van der Waals surface area (Å²) in [5, 5.41) is 11.8. The van der Waals surface area contributed by atoms with Gasteiger partial charge >= 0.3 is 0 Å². The Labute approximate surface area is 98.9 Å². The van der Waals surface area contributed by atoms with Gasteiger partial charge in [-0.2, -0.15) is 0 Å². The van der Waals surface area contributed by atoms with Crippen LogP contribution in [0, 0.1) is 12.7 Å². The molecule has 4 heteroatoms. The normalized spacial score (nSPS) is 10.5. The number of nitrogens with one attached hydrogen (secondary N) is 1. The first-order valence-electron chi connectivity index (χ1n) is 5.38. The zero-order valence-corrected chi connectivity index (χ0v) is 9.53. The van der Waals surface area contributed by atoms with Gasteiger partial charge in [0.2, 0.25) is 0 Å². The Kier molecular flexibility index (Phi) is 3.44. The van der Waals surface area contributed by atoms with Crippen LogP contribution in [0.5, 0.6) is 0 Å². The summed E-state index contributed by atoms with van der Waals surface area (Å²) in [5.74, 6) is 0.891. The van der Waals surface area contributed by atoms with Crippen molar-refractivity contribution in [2.45, 2.75) is 20.1 Å². The van der Waals surface area contributed by atoms with Crippen LogP contribution in [-0.4, -0.2) is 5.11 Å². The number of hydrogen-bond acceptors (Lipinski definition) is 3. The number of para-hydroxylation sites is 1. The van der Waals surface area contributed by atoms with Crippen LogP contribution in [0.4, 0.5) is 10.1 Å². The molecule has 2 aromatic rings. The zero-order valence-electron chi connectivity index (χ0n) is 9.53. The maximum atomic E-state index is 13.5. The Hall–Kier alpha value is -1.81. The fraction of sp³-hybridized carbons (Fsp3) is 0.231. The van der Waals surface area contributed by atoms with E-state index in [1.807, 2.05) is 13.0 Å². The van der Waals surface area contributed by atoms with E-state index in [1.54, 1.807) is 18.2 Å². The molecule has 0 bridgehead atoms. The Morgan fingerprint density at radius 1 is 1.24 bits per heavy atom. The first kappa shape index (κ1) is 11.7.